The van der Waals surface area contributed by atoms with E-state index < -0.39 is 5.60 Å². The van der Waals surface area contributed by atoms with E-state index >= 15 is 0 Å². The van der Waals surface area contributed by atoms with Crippen molar-refractivity contribution < 1.29 is 9.53 Å². The Morgan fingerprint density at radius 3 is 2.55 bits per heavy atom. The van der Waals surface area contributed by atoms with Crippen molar-refractivity contribution in [3.05, 3.63) is 48.0 Å². The molecule has 4 nitrogen and oxygen atoms in total. The van der Waals surface area contributed by atoms with Gasteiger partial charge in [-0.1, -0.05) is 42.5 Å². The highest BCUT2D eigenvalue weighted by molar-refractivity contribution is 5.85. The van der Waals surface area contributed by atoms with Crippen LogP contribution in [-0.2, 0) is 11.3 Å². The number of hydrogen-bond acceptors (Lipinski definition) is 3. The first kappa shape index (κ1) is 16.3. The summed E-state index contributed by atoms with van der Waals surface area (Å²) in [7, 11) is 0. The van der Waals surface area contributed by atoms with Gasteiger partial charge in [0, 0.05) is 19.6 Å². The van der Waals surface area contributed by atoms with Crippen molar-refractivity contribution in [3.63, 3.8) is 0 Å². The van der Waals surface area contributed by atoms with Gasteiger partial charge >= 0.3 is 6.09 Å². The van der Waals surface area contributed by atoms with Gasteiger partial charge in [-0.15, -0.1) is 0 Å². The van der Waals surface area contributed by atoms with Gasteiger partial charge in [0.2, 0.25) is 0 Å². The summed E-state index contributed by atoms with van der Waals surface area (Å²) in [4.78, 5) is 11.5. The van der Waals surface area contributed by atoms with Crippen LogP contribution in [0.25, 0.3) is 10.8 Å². The topological polar surface area (TPSA) is 50.4 Å². The second-order valence-corrected chi connectivity index (χ2v) is 6.24. The molecule has 2 rings (SSSR count). The molecule has 2 N–H and O–H groups in total. The lowest BCUT2D eigenvalue weighted by atomic mass is 10.0. The smallest absolute Gasteiger partial charge is 0.407 e. The van der Waals surface area contributed by atoms with Crippen molar-refractivity contribution >= 4 is 16.9 Å². The second-order valence-electron chi connectivity index (χ2n) is 6.24. The average molecular weight is 300 g/mol. The van der Waals surface area contributed by atoms with Crippen molar-refractivity contribution in [2.45, 2.75) is 32.9 Å². The maximum Gasteiger partial charge on any atom is 0.407 e. The van der Waals surface area contributed by atoms with Gasteiger partial charge in [0.05, 0.1) is 0 Å². The fourth-order valence-electron chi connectivity index (χ4n) is 2.24. The summed E-state index contributed by atoms with van der Waals surface area (Å²) in [6.07, 6.45) is -0.375. The van der Waals surface area contributed by atoms with Gasteiger partial charge in [-0.2, -0.15) is 0 Å². The number of carbonyl (C=O) groups is 1. The van der Waals surface area contributed by atoms with Crippen molar-refractivity contribution in [3.8, 4) is 0 Å². The maximum absolute atomic E-state index is 11.5. The Morgan fingerprint density at radius 1 is 1.05 bits per heavy atom. The number of fused-ring (bicyclic) bond motifs is 1. The Balaban J connectivity index is 1.76. The number of nitrogens with one attached hydrogen (secondary N) is 2. The van der Waals surface area contributed by atoms with Crippen molar-refractivity contribution in [1.82, 2.24) is 10.6 Å². The zero-order valence-electron chi connectivity index (χ0n) is 13.5. The Bertz CT molecular complexity index is 627. The molecule has 0 saturated carbocycles. The summed E-state index contributed by atoms with van der Waals surface area (Å²) in [5.41, 5.74) is 0.802. The van der Waals surface area contributed by atoms with E-state index in [0.717, 1.165) is 6.54 Å². The van der Waals surface area contributed by atoms with Gasteiger partial charge in [-0.05, 0) is 37.1 Å². The molecular weight excluding hydrogens is 276 g/mol. The molecule has 0 atom stereocenters. The predicted molar refractivity (Wildman–Crippen MR) is 89.9 cm³/mol. The molecule has 0 saturated heterocycles. The first-order chi connectivity index (χ1) is 10.5. The minimum atomic E-state index is -0.458. The van der Waals surface area contributed by atoms with Crippen LogP contribution in [0.5, 0.6) is 0 Å². The molecular formula is C18H24N2O2. The van der Waals surface area contributed by atoms with E-state index in [1.54, 1.807) is 0 Å². The molecule has 0 aromatic heterocycles. The highest BCUT2D eigenvalue weighted by Gasteiger charge is 2.15. The van der Waals surface area contributed by atoms with Gasteiger partial charge in [-0.25, -0.2) is 4.79 Å². The molecule has 1 amide bonds. The summed E-state index contributed by atoms with van der Waals surface area (Å²) in [5.74, 6) is 0. The molecule has 0 spiro atoms. The number of carbonyl (C=O) groups excluding carboxylic acids is 1. The minimum absolute atomic E-state index is 0.375. The highest BCUT2D eigenvalue weighted by Crippen LogP contribution is 2.18. The van der Waals surface area contributed by atoms with Crippen LogP contribution in [-0.4, -0.2) is 24.8 Å². The molecule has 22 heavy (non-hydrogen) atoms. The fraction of sp³-hybridized carbons (Fsp3) is 0.389. The number of ether oxygens (including phenoxy) is 1. The fourth-order valence-corrected chi connectivity index (χ4v) is 2.24. The third kappa shape index (κ3) is 5.04. The molecule has 0 bridgehead atoms. The molecule has 0 fully saturated rings. The second kappa shape index (κ2) is 7.27. The summed E-state index contributed by atoms with van der Waals surface area (Å²) in [5, 5.41) is 8.59. The molecule has 118 valence electrons. The van der Waals surface area contributed by atoms with E-state index in [1.807, 2.05) is 26.8 Å². The monoisotopic (exact) mass is 300 g/mol. The normalized spacial score (nSPS) is 11.4. The third-order valence-corrected chi connectivity index (χ3v) is 3.17. The number of rotatable bonds is 5. The molecule has 0 heterocycles. The van der Waals surface area contributed by atoms with Crippen LogP contribution >= 0.6 is 0 Å². The van der Waals surface area contributed by atoms with Crippen molar-refractivity contribution in [1.29, 1.82) is 0 Å². The molecule has 0 radical (unpaired) electrons. The van der Waals surface area contributed by atoms with Crippen molar-refractivity contribution in [2.24, 2.45) is 0 Å². The van der Waals surface area contributed by atoms with Crippen LogP contribution in [0.1, 0.15) is 26.3 Å². The van der Waals surface area contributed by atoms with Crippen LogP contribution in [0.3, 0.4) is 0 Å². The van der Waals surface area contributed by atoms with Crippen LogP contribution in [0.15, 0.2) is 42.5 Å². The standard InChI is InChI=1S/C18H24N2O2/c1-18(2,3)22-17(21)20-12-11-19-13-15-9-6-8-14-7-4-5-10-16(14)15/h4-10,19H,11-13H2,1-3H3,(H,20,21). The largest absolute Gasteiger partial charge is 0.444 e. The quantitative estimate of drug-likeness (QED) is 0.832. The van der Waals surface area contributed by atoms with Gasteiger partial charge < -0.3 is 15.4 Å². The van der Waals surface area contributed by atoms with E-state index in [2.05, 4.69) is 47.0 Å². The lowest BCUT2D eigenvalue weighted by Crippen LogP contribution is -2.36. The lowest BCUT2D eigenvalue weighted by Gasteiger charge is -2.19. The minimum Gasteiger partial charge on any atom is -0.444 e. The summed E-state index contributed by atoms with van der Waals surface area (Å²) < 4.78 is 5.18. The lowest BCUT2D eigenvalue weighted by molar-refractivity contribution is 0.0528. The van der Waals surface area contributed by atoms with E-state index in [4.69, 9.17) is 4.74 Å². The SMILES string of the molecule is CC(C)(C)OC(=O)NCCNCc1cccc2ccccc12. The van der Waals surface area contributed by atoms with E-state index in [9.17, 15) is 4.79 Å². The molecule has 0 unspecified atom stereocenters. The Morgan fingerprint density at radius 2 is 1.77 bits per heavy atom. The van der Waals surface area contributed by atoms with Crippen LogP contribution < -0.4 is 10.6 Å². The van der Waals surface area contributed by atoms with Crippen LogP contribution in [0, 0.1) is 0 Å². The number of hydrogen-bond donors (Lipinski definition) is 2. The van der Waals surface area contributed by atoms with Gasteiger partial charge in [-0.3, -0.25) is 0 Å². The molecule has 2 aromatic rings. The number of alkyl carbamates (subject to hydrolysis) is 1. The summed E-state index contributed by atoms with van der Waals surface area (Å²) in [6.45, 7) is 7.57. The van der Waals surface area contributed by atoms with Gasteiger partial charge in [0.25, 0.3) is 0 Å². The Labute approximate surface area is 131 Å². The third-order valence-electron chi connectivity index (χ3n) is 3.17. The molecule has 0 aliphatic heterocycles. The zero-order chi connectivity index (χ0) is 16.0. The highest BCUT2D eigenvalue weighted by atomic mass is 16.6. The first-order valence-corrected chi connectivity index (χ1v) is 7.60. The predicted octanol–water partition coefficient (Wildman–Crippen LogP) is 3.45. The Hall–Kier alpha value is -2.07. The Kier molecular flexibility index (Phi) is 5.39. The van der Waals surface area contributed by atoms with Gasteiger partial charge in [0.15, 0.2) is 0 Å². The van der Waals surface area contributed by atoms with Gasteiger partial charge in [0.1, 0.15) is 5.60 Å². The van der Waals surface area contributed by atoms with E-state index in [0.29, 0.717) is 13.1 Å². The molecule has 2 aromatic carbocycles. The molecule has 4 heteroatoms. The summed E-state index contributed by atoms with van der Waals surface area (Å²) >= 11 is 0. The number of amides is 1. The molecule has 0 aliphatic carbocycles. The van der Waals surface area contributed by atoms with E-state index in [-0.39, 0.29) is 6.09 Å². The maximum atomic E-state index is 11.5. The average Bonchev–Trinajstić information content (AvgIpc) is 2.45. The molecule has 0 aliphatic rings. The summed E-state index contributed by atoms with van der Waals surface area (Å²) in [6, 6.07) is 14.6. The number of benzene rings is 2. The zero-order valence-corrected chi connectivity index (χ0v) is 13.5. The van der Waals surface area contributed by atoms with Crippen LogP contribution in [0.4, 0.5) is 4.79 Å². The van der Waals surface area contributed by atoms with Crippen LogP contribution in [0.2, 0.25) is 0 Å². The first-order valence-electron chi connectivity index (χ1n) is 7.60. The van der Waals surface area contributed by atoms with Crippen molar-refractivity contribution in [2.75, 3.05) is 13.1 Å². The van der Waals surface area contributed by atoms with E-state index in [1.165, 1.54) is 16.3 Å².